The molecule has 0 saturated carbocycles. The molecule has 3 aromatic carbocycles. The van der Waals surface area contributed by atoms with Gasteiger partial charge in [-0.05, 0) is 47.4 Å². The van der Waals surface area contributed by atoms with E-state index in [2.05, 4.69) is 0 Å². The number of nitrogens with zero attached hydrogens (tertiary/aromatic N) is 1. The summed E-state index contributed by atoms with van der Waals surface area (Å²) in [6.45, 7) is 1.71. The molecule has 1 heterocycles. The average Bonchev–Trinajstić information content (AvgIpc) is 3.05. The number of amides is 2. The topological polar surface area (TPSA) is 57.6 Å². The van der Waals surface area contributed by atoms with Gasteiger partial charge in [-0.2, -0.15) is 0 Å². The number of aliphatic hydroxyl groups is 1. The minimum atomic E-state index is -1.02. The Balaban J connectivity index is 1.66. The van der Waals surface area contributed by atoms with Crippen LogP contribution in [0.5, 0.6) is 0 Å². The number of anilines is 1. The molecule has 6 heteroatoms. The van der Waals surface area contributed by atoms with Crippen molar-refractivity contribution >= 4 is 40.7 Å². The molecule has 2 amide bonds. The predicted molar refractivity (Wildman–Crippen MR) is 123 cm³/mol. The number of carbonyl (C=O) groups excluding carboxylic acids is 2. The van der Waals surface area contributed by atoms with Gasteiger partial charge in [0.05, 0.1) is 34.1 Å². The average molecular weight is 464 g/mol. The van der Waals surface area contributed by atoms with Crippen LogP contribution >= 0.6 is 23.2 Å². The van der Waals surface area contributed by atoms with Gasteiger partial charge in [0.2, 0.25) is 11.8 Å². The molecule has 3 aromatic rings. The quantitative estimate of drug-likeness (QED) is 0.548. The van der Waals surface area contributed by atoms with E-state index in [1.54, 1.807) is 19.1 Å². The van der Waals surface area contributed by atoms with E-state index in [9.17, 15) is 14.7 Å². The van der Waals surface area contributed by atoms with E-state index in [4.69, 9.17) is 23.2 Å². The summed E-state index contributed by atoms with van der Waals surface area (Å²) in [5.74, 6) is -2.23. The maximum atomic E-state index is 14.0. The first-order valence-corrected chi connectivity index (χ1v) is 11.3. The second-order valence-corrected chi connectivity index (χ2v) is 9.65. The summed E-state index contributed by atoms with van der Waals surface area (Å²) in [6, 6.07) is 20.5. The van der Waals surface area contributed by atoms with Crippen LogP contribution in [0, 0.1) is 11.8 Å². The third-order valence-electron chi connectivity index (χ3n) is 7.49. The molecule has 0 unspecified atom stereocenters. The summed E-state index contributed by atoms with van der Waals surface area (Å²) in [5, 5.41) is 12.0. The number of rotatable bonds is 2. The number of imide groups is 1. The van der Waals surface area contributed by atoms with Gasteiger partial charge < -0.3 is 5.11 Å². The van der Waals surface area contributed by atoms with E-state index in [1.807, 2.05) is 48.5 Å². The summed E-state index contributed by atoms with van der Waals surface area (Å²) in [7, 11) is 0. The van der Waals surface area contributed by atoms with Crippen molar-refractivity contribution < 1.29 is 14.7 Å². The summed E-state index contributed by atoms with van der Waals surface area (Å²) in [5.41, 5.74) is 3.15. The van der Waals surface area contributed by atoms with E-state index in [0.29, 0.717) is 10.7 Å². The first-order valence-electron chi connectivity index (χ1n) is 10.6. The molecule has 0 radical (unpaired) electrons. The van der Waals surface area contributed by atoms with Crippen LogP contribution < -0.4 is 4.90 Å². The van der Waals surface area contributed by atoms with E-state index >= 15 is 0 Å². The Kier molecular flexibility index (Phi) is 4.17. The van der Waals surface area contributed by atoms with Crippen LogP contribution in [0.3, 0.4) is 0 Å². The first kappa shape index (κ1) is 20.0. The number of halogens is 2. The van der Waals surface area contributed by atoms with Crippen LogP contribution in [-0.2, 0) is 15.0 Å². The molecule has 4 aliphatic rings. The van der Waals surface area contributed by atoms with Crippen molar-refractivity contribution in [1.29, 1.82) is 0 Å². The largest absolute Gasteiger partial charge is 0.392 e. The number of carbonyl (C=O) groups is 2. The van der Waals surface area contributed by atoms with Gasteiger partial charge in [-0.1, -0.05) is 71.7 Å². The summed E-state index contributed by atoms with van der Waals surface area (Å²) < 4.78 is 0. The zero-order valence-electron chi connectivity index (χ0n) is 17.1. The SMILES string of the molecule is C[C@@H](O)C12c3ccccc3C(c3ccccc31)[C@H]1C(=O)N(c3ccc(Cl)cc3Cl)C(=O)[C@H]12. The van der Waals surface area contributed by atoms with E-state index in [0.717, 1.165) is 22.3 Å². The fourth-order valence-electron chi connectivity index (χ4n) is 6.44. The Labute approximate surface area is 195 Å². The molecule has 1 fully saturated rings. The maximum Gasteiger partial charge on any atom is 0.239 e. The van der Waals surface area contributed by atoms with Crippen molar-refractivity contribution in [2.75, 3.05) is 4.90 Å². The van der Waals surface area contributed by atoms with Crippen molar-refractivity contribution in [2.24, 2.45) is 11.8 Å². The molecule has 1 saturated heterocycles. The molecular formula is C26H19Cl2NO3. The smallest absolute Gasteiger partial charge is 0.239 e. The molecule has 32 heavy (non-hydrogen) atoms. The zero-order valence-corrected chi connectivity index (χ0v) is 18.6. The van der Waals surface area contributed by atoms with Gasteiger partial charge in [0, 0.05) is 10.9 Å². The molecule has 0 spiro atoms. The van der Waals surface area contributed by atoms with Crippen molar-refractivity contribution in [3.05, 3.63) is 99.0 Å². The number of benzene rings is 3. The van der Waals surface area contributed by atoms with Crippen molar-refractivity contribution in [3.8, 4) is 0 Å². The summed E-state index contributed by atoms with van der Waals surface area (Å²) in [6.07, 6.45) is -0.893. The second kappa shape index (κ2) is 6.67. The molecule has 1 aliphatic heterocycles. The Morgan fingerprint density at radius 3 is 2.06 bits per heavy atom. The minimum absolute atomic E-state index is 0.242. The van der Waals surface area contributed by atoms with Crippen LogP contribution in [0.15, 0.2) is 66.7 Å². The van der Waals surface area contributed by atoms with Crippen molar-refractivity contribution in [1.82, 2.24) is 0 Å². The van der Waals surface area contributed by atoms with Crippen LogP contribution in [0.1, 0.15) is 35.1 Å². The fraction of sp³-hybridized carbons (Fsp3) is 0.231. The molecule has 3 aliphatic carbocycles. The lowest BCUT2D eigenvalue weighted by Crippen LogP contribution is -2.58. The lowest BCUT2D eigenvalue weighted by molar-refractivity contribution is -0.126. The second-order valence-electron chi connectivity index (χ2n) is 8.81. The number of hydrogen-bond donors (Lipinski definition) is 1. The normalized spacial score (nSPS) is 28.4. The molecule has 1 N–H and O–H groups in total. The lowest BCUT2D eigenvalue weighted by atomic mass is 9.46. The van der Waals surface area contributed by atoms with E-state index < -0.39 is 23.4 Å². The van der Waals surface area contributed by atoms with Crippen LogP contribution in [0.25, 0.3) is 0 Å². The Bertz CT molecular complexity index is 1270. The van der Waals surface area contributed by atoms with Gasteiger partial charge >= 0.3 is 0 Å². The fourth-order valence-corrected chi connectivity index (χ4v) is 6.93. The lowest BCUT2D eigenvalue weighted by Gasteiger charge is -2.55. The van der Waals surface area contributed by atoms with Gasteiger partial charge in [-0.25, -0.2) is 4.90 Å². The monoisotopic (exact) mass is 463 g/mol. The van der Waals surface area contributed by atoms with Gasteiger partial charge in [-0.3, -0.25) is 9.59 Å². The summed E-state index contributed by atoms with van der Waals surface area (Å²) >= 11 is 12.5. The number of aliphatic hydroxyl groups excluding tert-OH is 1. The Hall–Kier alpha value is -2.66. The molecule has 3 atom stereocenters. The van der Waals surface area contributed by atoms with E-state index in [1.165, 1.54) is 11.0 Å². The maximum absolute atomic E-state index is 14.0. The minimum Gasteiger partial charge on any atom is -0.392 e. The molecule has 2 bridgehead atoms. The Morgan fingerprint density at radius 2 is 1.50 bits per heavy atom. The van der Waals surface area contributed by atoms with Gasteiger partial charge in [0.15, 0.2) is 0 Å². The van der Waals surface area contributed by atoms with Crippen molar-refractivity contribution in [3.63, 3.8) is 0 Å². The molecule has 7 rings (SSSR count). The molecule has 0 aromatic heterocycles. The number of hydrogen-bond acceptors (Lipinski definition) is 3. The van der Waals surface area contributed by atoms with Crippen LogP contribution in [0.2, 0.25) is 10.0 Å². The van der Waals surface area contributed by atoms with Gasteiger partial charge in [-0.15, -0.1) is 0 Å². The summed E-state index contributed by atoms with van der Waals surface area (Å²) in [4.78, 5) is 29.1. The van der Waals surface area contributed by atoms with Gasteiger partial charge in [0.25, 0.3) is 0 Å². The first-order chi connectivity index (χ1) is 15.4. The zero-order chi connectivity index (χ0) is 22.4. The predicted octanol–water partition coefficient (Wildman–Crippen LogP) is 4.93. The third kappa shape index (κ3) is 2.22. The molecule has 160 valence electrons. The standard InChI is InChI=1S/C26H19Cl2NO3/c1-13(30)26-17-8-4-2-6-15(17)21(16-7-3-5-9-18(16)26)22-23(26)25(32)29(24(22)31)20-11-10-14(27)12-19(20)28/h2-13,21-23,30H,1H3/t13-,21?,22-,23+,26?/m1/s1. The highest BCUT2D eigenvalue weighted by Crippen LogP contribution is 2.65. The van der Waals surface area contributed by atoms with E-state index in [-0.39, 0.29) is 22.8 Å². The molecule has 4 nitrogen and oxygen atoms in total. The Morgan fingerprint density at radius 1 is 0.906 bits per heavy atom. The van der Waals surface area contributed by atoms with Crippen molar-refractivity contribution in [2.45, 2.75) is 24.4 Å². The van der Waals surface area contributed by atoms with Gasteiger partial charge in [0.1, 0.15) is 0 Å². The third-order valence-corrected chi connectivity index (χ3v) is 8.03. The van der Waals surface area contributed by atoms with Crippen LogP contribution in [0.4, 0.5) is 5.69 Å². The highest BCUT2D eigenvalue weighted by Gasteiger charge is 2.69. The highest BCUT2D eigenvalue weighted by molar-refractivity contribution is 6.38. The molecular weight excluding hydrogens is 445 g/mol. The highest BCUT2D eigenvalue weighted by atomic mass is 35.5. The van der Waals surface area contributed by atoms with Crippen LogP contribution in [-0.4, -0.2) is 23.0 Å².